The lowest BCUT2D eigenvalue weighted by Crippen LogP contribution is -2.41. The number of nitrogens with zero attached hydrogens (tertiary/aromatic N) is 1. The molecule has 0 aromatic heterocycles. The summed E-state index contributed by atoms with van der Waals surface area (Å²) < 4.78 is 5.40. The third kappa shape index (κ3) is 5.15. The van der Waals surface area contributed by atoms with E-state index in [1.54, 1.807) is 11.0 Å². The van der Waals surface area contributed by atoms with Crippen molar-refractivity contribution in [2.45, 2.75) is 65.2 Å². The maximum atomic E-state index is 13.5. The molecule has 0 spiro atoms. The first-order valence-corrected chi connectivity index (χ1v) is 11.6. The van der Waals surface area contributed by atoms with Gasteiger partial charge in [-0.05, 0) is 57.1 Å². The van der Waals surface area contributed by atoms with E-state index >= 15 is 0 Å². The summed E-state index contributed by atoms with van der Waals surface area (Å²) >= 11 is 0. The highest BCUT2D eigenvalue weighted by Crippen LogP contribution is 2.48. The molecule has 1 aliphatic heterocycles. The van der Waals surface area contributed by atoms with Crippen molar-refractivity contribution in [1.82, 2.24) is 4.90 Å². The Morgan fingerprint density at radius 2 is 1.97 bits per heavy atom. The highest BCUT2D eigenvalue weighted by molar-refractivity contribution is 5.99. The highest BCUT2D eigenvalue weighted by atomic mass is 16.5. The summed E-state index contributed by atoms with van der Waals surface area (Å²) in [7, 11) is 0. The molecule has 1 heterocycles. The lowest BCUT2D eigenvalue weighted by molar-refractivity contribution is 0.0300. The number of carbonyl (C=O) groups is 1. The average molecular weight is 428 g/mol. The number of aromatic hydroxyl groups is 2. The number of benzene rings is 1. The Morgan fingerprint density at radius 1 is 1.26 bits per heavy atom. The second kappa shape index (κ2) is 10.4. The molecule has 0 radical (unpaired) electrons. The van der Waals surface area contributed by atoms with Crippen LogP contribution in [0.3, 0.4) is 0 Å². The van der Waals surface area contributed by atoms with E-state index in [9.17, 15) is 15.0 Å². The van der Waals surface area contributed by atoms with Crippen LogP contribution in [-0.4, -0.2) is 47.3 Å². The molecule has 31 heavy (non-hydrogen) atoms. The molecule has 1 amide bonds. The van der Waals surface area contributed by atoms with Crippen LogP contribution >= 0.6 is 0 Å². The lowest BCUT2D eigenvalue weighted by Gasteiger charge is -2.33. The Hall–Kier alpha value is -2.27. The van der Waals surface area contributed by atoms with E-state index in [0.717, 1.165) is 43.2 Å². The number of unbranched alkanes of at least 4 members (excludes halogenated alkanes) is 2. The van der Waals surface area contributed by atoms with Crippen molar-refractivity contribution < 1.29 is 19.7 Å². The van der Waals surface area contributed by atoms with Crippen molar-refractivity contribution in [2.24, 2.45) is 5.92 Å². The van der Waals surface area contributed by atoms with Gasteiger partial charge in [0.2, 0.25) is 0 Å². The van der Waals surface area contributed by atoms with Gasteiger partial charge in [-0.25, -0.2) is 0 Å². The fourth-order valence-electron chi connectivity index (χ4n) is 4.88. The summed E-state index contributed by atoms with van der Waals surface area (Å²) in [5.74, 6) is -0.225. The van der Waals surface area contributed by atoms with Gasteiger partial charge in [0.25, 0.3) is 5.91 Å². The van der Waals surface area contributed by atoms with Crippen molar-refractivity contribution in [3.05, 3.63) is 46.6 Å². The Balaban J connectivity index is 2.11. The fraction of sp³-hybridized carbons (Fsp3) is 0.577. The minimum absolute atomic E-state index is 0.0646. The van der Waals surface area contributed by atoms with E-state index in [0.29, 0.717) is 43.9 Å². The van der Waals surface area contributed by atoms with E-state index in [-0.39, 0.29) is 29.2 Å². The quantitative estimate of drug-likeness (QED) is 0.456. The number of phenolic OH excluding ortho intramolecular Hbond substituents is 2. The molecule has 2 N–H and O–H groups in total. The normalized spacial score (nSPS) is 21.6. The number of amides is 1. The van der Waals surface area contributed by atoms with Gasteiger partial charge < -0.3 is 19.8 Å². The van der Waals surface area contributed by atoms with Gasteiger partial charge in [0.05, 0.1) is 18.8 Å². The summed E-state index contributed by atoms with van der Waals surface area (Å²) in [5, 5.41) is 22.5. The van der Waals surface area contributed by atoms with Crippen LogP contribution in [0.5, 0.6) is 11.5 Å². The third-order valence-corrected chi connectivity index (χ3v) is 6.68. The Labute approximate surface area is 186 Å². The van der Waals surface area contributed by atoms with Crippen molar-refractivity contribution in [3.63, 3.8) is 0 Å². The van der Waals surface area contributed by atoms with Gasteiger partial charge in [0, 0.05) is 24.6 Å². The molecular weight excluding hydrogens is 390 g/mol. The topological polar surface area (TPSA) is 70.0 Å². The first-order valence-electron chi connectivity index (χ1n) is 11.6. The molecule has 0 bridgehead atoms. The standard InChI is InChI=1S/C26H37NO4/c1-5-6-7-8-19-16-22(28)24(21-15-18(4)9-10-20(21)17(2)3)25(29)23(19)26(30)27-11-13-31-14-12-27/h15-16,20-21,28-29H,2,5-14H2,1,3-4H3/t20-,21+/m0/s1. The van der Waals surface area contributed by atoms with Crippen molar-refractivity contribution in [1.29, 1.82) is 0 Å². The zero-order valence-electron chi connectivity index (χ0n) is 19.2. The van der Waals surface area contributed by atoms with Crippen LogP contribution in [0, 0.1) is 5.92 Å². The van der Waals surface area contributed by atoms with Crippen LogP contribution in [0.2, 0.25) is 0 Å². The number of hydrogen-bond acceptors (Lipinski definition) is 4. The predicted molar refractivity (Wildman–Crippen MR) is 124 cm³/mol. The fourth-order valence-corrected chi connectivity index (χ4v) is 4.88. The zero-order valence-corrected chi connectivity index (χ0v) is 19.2. The van der Waals surface area contributed by atoms with Gasteiger partial charge in [0.15, 0.2) is 0 Å². The summed E-state index contributed by atoms with van der Waals surface area (Å²) in [4.78, 5) is 15.2. The van der Waals surface area contributed by atoms with Gasteiger partial charge in [-0.3, -0.25) is 4.79 Å². The summed E-state index contributed by atoms with van der Waals surface area (Å²) in [6.45, 7) is 12.4. The molecule has 2 aliphatic rings. The molecular formula is C26H37NO4. The number of carbonyl (C=O) groups excluding carboxylic acids is 1. The molecule has 5 heteroatoms. The number of morpholine rings is 1. The number of allylic oxidation sites excluding steroid dienone is 3. The van der Waals surface area contributed by atoms with Gasteiger partial charge in [-0.2, -0.15) is 0 Å². The van der Waals surface area contributed by atoms with Crippen LogP contribution < -0.4 is 0 Å². The average Bonchev–Trinajstić information content (AvgIpc) is 2.74. The van der Waals surface area contributed by atoms with Crippen LogP contribution in [-0.2, 0) is 11.2 Å². The highest BCUT2D eigenvalue weighted by Gasteiger charge is 2.34. The van der Waals surface area contributed by atoms with Gasteiger partial charge in [-0.15, -0.1) is 0 Å². The zero-order chi connectivity index (χ0) is 22.5. The molecule has 1 aliphatic carbocycles. The maximum Gasteiger partial charge on any atom is 0.258 e. The van der Waals surface area contributed by atoms with Gasteiger partial charge in [-0.1, -0.05) is 43.6 Å². The molecule has 2 atom stereocenters. The molecule has 1 aromatic rings. The minimum Gasteiger partial charge on any atom is -0.507 e. The van der Waals surface area contributed by atoms with E-state index in [4.69, 9.17) is 4.74 Å². The summed E-state index contributed by atoms with van der Waals surface area (Å²) in [5.41, 5.74) is 3.80. The van der Waals surface area contributed by atoms with Gasteiger partial charge in [0.1, 0.15) is 11.5 Å². The predicted octanol–water partition coefficient (Wildman–Crippen LogP) is 5.32. The first kappa shape index (κ1) is 23.4. The van der Waals surface area contributed by atoms with E-state index in [2.05, 4.69) is 26.5 Å². The SMILES string of the molecule is C=C(C)[C@@H]1CCC(C)=C[C@H]1c1c(O)cc(CCCCC)c(C(=O)N2CCOCC2)c1O. The van der Waals surface area contributed by atoms with Crippen LogP contribution in [0.25, 0.3) is 0 Å². The minimum atomic E-state index is -0.188. The summed E-state index contributed by atoms with van der Waals surface area (Å²) in [6, 6.07) is 1.71. The number of aryl methyl sites for hydroxylation is 1. The second-order valence-electron chi connectivity index (χ2n) is 9.08. The largest absolute Gasteiger partial charge is 0.507 e. The monoisotopic (exact) mass is 427 g/mol. The molecule has 0 unspecified atom stereocenters. The maximum absolute atomic E-state index is 13.5. The van der Waals surface area contributed by atoms with Gasteiger partial charge >= 0.3 is 0 Å². The molecule has 1 saturated heterocycles. The number of ether oxygens (including phenoxy) is 1. The van der Waals surface area contributed by atoms with E-state index < -0.39 is 0 Å². The van der Waals surface area contributed by atoms with E-state index in [1.807, 2.05) is 6.92 Å². The van der Waals surface area contributed by atoms with Crippen LogP contribution in [0.4, 0.5) is 0 Å². The summed E-state index contributed by atoms with van der Waals surface area (Å²) in [6.07, 6.45) is 7.69. The van der Waals surface area contributed by atoms with Crippen LogP contribution in [0.1, 0.15) is 80.3 Å². The van der Waals surface area contributed by atoms with Crippen molar-refractivity contribution >= 4 is 5.91 Å². The number of phenols is 2. The molecule has 5 nitrogen and oxygen atoms in total. The lowest BCUT2D eigenvalue weighted by atomic mass is 9.73. The smallest absolute Gasteiger partial charge is 0.258 e. The first-order chi connectivity index (χ1) is 14.8. The number of hydrogen-bond donors (Lipinski definition) is 2. The Morgan fingerprint density at radius 3 is 2.61 bits per heavy atom. The molecule has 1 fully saturated rings. The van der Waals surface area contributed by atoms with Crippen molar-refractivity contribution in [3.8, 4) is 11.5 Å². The van der Waals surface area contributed by atoms with Crippen molar-refractivity contribution in [2.75, 3.05) is 26.3 Å². The molecule has 0 saturated carbocycles. The molecule has 3 rings (SSSR count). The Kier molecular flexibility index (Phi) is 7.82. The third-order valence-electron chi connectivity index (χ3n) is 6.68. The van der Waals surface area contributed by atoms with E-state index in [1.165, 1.54) is 5.57 Å². The molecule has 1 aromatic carbocycles. The number of rotatable bonds is 7. The Bertz CT molecular complexity index is 851. The van der Waals surface area contributed by atoms with Crippen LogP contribution in [0.15, 0.2) is 29.9 Å². The second-order valence-corrected chi connectivity index (χ2v) is 9.08. The molecule has 170 valence electrons.